The first-order valence-corrected chi connectivity index (χ1v) is 6.37. The zero-order valence-electron chi connectivity index (χ0n) is 9.92. The number of aryl methyl sites for hydroxylation is 2. The minimum Gasteiger partial charge on any atom is -0.497 e. The molecule has 1 N–H and O–H groups in total. The highest BCUT2D eigenvalue weighted by atomic mass is 32.1. The number of methoxy groups -OCH3 is 1. The standard InChI is InChI=1S/C13H13NO3S/c1-17-10-5-2-9(3-6-10)4-7-12-14-11(8-18-12)13(15)16/h2-3,5-6,8H,4,7H2,1H3,(H,15,16). The summed E-state index contributed by atoms with van der Waals surface area (Å²) < 4.78 is 5.09. The fraction of sp³-hybridized carbons (Fsp3) is 0.231. The molecular weight excluding hydrogens is 250 g/mol. The summed E-state index contributed by atoms with van der Waals surface area (Å²) in [5.41, 5.74) is 1.31. The summed E-state index contributed by atoms with van der Waals surface area (Å²) in [7, 11) is 1.64. The van der Waals surface area contributed by atoms with Crippen molar-refractivity contribution < 1.29 is 14.6 Å². The van der Waals surface area contributed by atoms with Crippen LogP contribution in [0.5, 0.6) is 5.75 Å². The number of carbonyl (C=O) groups is 1. The van der Waals surface area contributed by atoms with Crippen molar-refractivity contribution in [3.8, 4) is 5.75 Å². The molecule has 1 aromatic heterocycles. The van der Waals surface area contributed by atoms with E-state index in [0.29, 0.717) is 0 Å². The van der Waals surface area contributed by atoms with Crippen molar-refractivity contribution in [1.82, 2.24) is 4.98 Å². The molecule has 0 bridgehead atoms. The van der Waals surface area contributed by atoms with Crippen LogP contribution in [0.1, 0.15) is 21.1 Å². The summed E-state index contributed by atoms with van der Waals surface area (Å²) in [4.78, 5) is 14.7. The number of rotatable bonds is 5. The van der Waals surface area contributed by atoms with Crippen molar-refractivity contribution in [2.45, 2.75) is 12.8 Å². The zero-order chi connectivity index (χ0) is 13.0. The Labute approximate surface area is 109 Å². The molecule has 0 radical (unpaired) electrons. The Kier molecular flexibility index (Phi) is 3.94. The Morgan fingerprint density at radius 1 is 1.33 bits per heavy atom. The molecule has 0 aliphatic carbocycles. The summed E-state index contributed by atoms with van der Waals surface area (Å²) in [6, 6.07) is 7.84. The van der Waals surface area contributed by atoms with E-state index in [0.717, 1.165) is 23.6 Å². The predicted molar refractivity (Wildman–Crippen MR) is 69.5 cm³/mol. The molecule has 18 heavy (non-hydrogen) atoms. The van der Waals surface area contributed by atoms with Crippen LogP contribution in [0, 0.1) is 0 Å². The fourth-order valence-corrected chi connectivity index (χ4v) is 2.34. The van der Waals surface area contributed by atoms with E-state index in [1.54, 1.807) is 12.5 Å². The van der Waals surface area contributed by atoms with Crippen molar-refractivity contribution in [3.63, 3.8) is 0 Å². The first-order valence-electron chi connectivity index (χ1n) is 5.49. The molecular formula is C13H13NO3S. The molecule has 2 aromatic rings. The van der Waals surface area contributed by atoms with Gasteiger partial charge in [-0.25, -0.2) is 9.78 Å². The van der Waals surface area contributed by atoms with Gasteiger partial charge in [0.2, 0.25) is 0 Å². The second-order valence-electron chi connectivity index (χ2n) is 3.78. The van der Waals surface area contributed by atoms with Gasteiger partial charge in [-0.3, -0.25) is 0 Å². The highest BCUT2D eigenvalue weighted by molar-refractivity contribution is 7.09. The van der Waals surface area contributed by atoms with Crippen LogP contribution < -0.4 is 4.74 Å². The van der Waals surface area contributed by atoms with Gasteiger partial charge in [0.15, 0.2) is 5.69 Å². The summed E-state index contributed by atoms with van der Waals surface area (Å²) in [6.07, 6.45) is 1.60. The van der Waals surface area contributed by atoms with Crippen molar-refractivity contribution >= 4 is 17.3 Å². The van der Waals surface area contributed by atoms with Gasteiger partial charge in [0.1, 0.15) is 5.75 Å². The number of benzene rings is 1. The molecule has 0 saturated heterocycles. The monoisotopic (exact) mass is 263 g/mol. The van der Waals surface area contributed by atoms with Gasteiger partial charge in [-0.05, 0) is 24.1 Å². The molecule has 0 saturated carbocycles. The molecule has 0 fully saturated rings. The third-order valence-corrected chi connectivity index (χ3v) is 3.47. The average molecular weight is 263 g/mol. The molecule has 4 nitrogen and oxygen atoms in total. The smallest absolute Gasteiger partial charge is 0.355 e. The molecule has 94 valence electrons. The summed E-state index contributed by atoms with van der Waals surface area (Å²) in [5.74, 6) is -0.136. The van der Waals surface area contributed by atoms with Crippen LogP contribution in [0.15, 0.2) is 29.6 Å². The van der Waals surface area contributed by atoms with Crippen LogP contribution >= 0.6 is 11.3 Å². The van der Waals surface area contributed by atoms with Gasteiger partial charge < -0.3 is 9.84 Å². The van der Waals surface area contributed by atoms with Crippen LogP contribution in [0.2, 0.25) is 0 Å². The van der Waals surface area contributed by atoms with E-state index in [1.165, 1.54) is 16.9 Å². The summed E-state index contributed by atoms with van der Waals surface area (Å²) >= 11 is 1.39. The van der Waals surface area contributed by atoms with Gasteiger partial charge in [0.05, 0.1) is 12.1 Å². The van der Waals surface area contributed by atoms with E-state index < -0.39 is 5.97 Å². The van der Waals surface area contributed by atoms with E-state index in [2.05, 4.69) is 4.98 Å². The number of nitrogens with zero attached hydrogens (tertiary/aromatic N) is 1. The molecule has 2 rings (SSSR count). The molecule has 0 unspecified atom stereocenters. The van der Waals surface area contributed by atoms with Gasteiger partial charge in [-0.15, -0.1) is 11.3 Å². The fourth-order valence-electron chi connectivity index (χ4n) is 1.57. The van der Waals surface area contributed by atoms with E-state index in [1.807, 2.05) is 24.3 Å². The second-order valence-corrected chi connectivity index (χ2v) is 4.72. The SMILES string of the molecule is COc1ccc(CCc2nc(C(=O)O)cs2)cc1. The topological polar surface area (TPSA) is 59.4 Å². The van der Waals surface area contributed by atoms with Crippen molar-refractivity contribution in [2.24, 2.45) is 0 Å². The number of aromatic nitrogens is 1. The molecule has 5 heteroatoms. The Morgan fingerprint density at radius 3 is 2.61 bits per heavy atom. The Hall–Kier alpha value is -1.88. The molecule has 0 atom stereocenters. The van der Waals surface area contributed by atoms with Gasteiger partial charge in [-0.1, -0.05) is 12.1 Å². The first-order chi connectivity index (χ1) is 8.69. The number of aromatic carboxylic acids is 1. The Balaban J connectivity index is 1.95. The second kappa shape index (κ2) is 5.64. The van der Waals surface area contributed by atoms with Gasteiger partial charge in [0.25, 0.3) is 0 Å². The van der Waals surface area contributed by atoms with Crippen molar-refractivity contribution in [2.75, 3.05) is 7.11 Å². The minimum absolute atomic E-state index is 0.129. The van der Waals surface area contributed by atoms with Crippen molar-refractivity contribution in [3.05, 3.63) is 45.9 Å². The van der Waals surface area contributed by atoms with E-state index in [-0.39, 0.29) is 5.69 Å². The average Bonchev–Trinajstić information content (AvgIpc) is 2.86. The molecule has 1 heterocycles. The van der Waals surface area contributed by atoms with E-state index in [9.17, 15) is 4.79 Å². The zero-order valence-corrected chi connectivity index (χ0v) is 10.7. The highest BCUT2D eigenvalue weighted by Gasteiger charge is 2.08. The quantitative estimate of drug-likeness (QED) is 0.901. The van der Waals surface area contributed by atoms with Crippen LogP contribution in [0.4, 0.5) is 0 Å². The Bertz CT molecular complexity index is 533. The Morgan fingerprint density at radius 2 is 2.06 bits per heavy atom. The lowest BCUT2D eigenvalue weighted by molar-refractivity contribution is 0.0691. The molecule has 0 spiro atoms. The lowest BCUT2D eigenvalue weighted by atomic mass is 10.1. The number of hydrogen-bond acceptors (Lipinski definition) is 4. The first kappa shape index (κ1) is 12.6. The number of carboxylic acid groups (broad SMARTS) is 1. The molecule has 0 aliphatic rings. The van der Waals surface area contributed by atoms with E-state index in [4.69, 9.17) is 9.84 Å². The predicted octanol–water partition coefficient (Wildman–Crippen LogP) is 2.64. The molecule has 1 aromatic carbocycles. The maximum atomic E-state index is 10.7. The number of hydrogen-bond donors (Lipinski definition) is 1. The lowest BCUT2D eigenvalue weighted by Gasteiger charge is -2.02. The molecule has 0 amide bonds. The number of carboxylic acids is 1. The maximum Gasteiger partial charge on any atom is 0.355 e. The third kappa shape index (κ3) is 3.07. The van der Waals surface area contributed by atoms with Crippen LogP contribution in [0.3, 0.4) is 0 Å². The van der Waals surface area contributed by atoms with Gasteiger partial charge in [0, 0.05) is 11.8 Å². The largest absolute Gasteiger partial charge is 0.497 e. The van der Waals surface area contributed by atoms with Crippen LogP contribution in [-0.4, -0.2) is 23.2 Å². The number of thiazole rings is 1. The van der Waals surface area contributed by atoms with Crippen molar-refractivity contribution in [1.29, 1.82) is 0 Å². The normalized spacial score (nSPS) is 10.3. The summed E-state index contributed by atoms with van der Waals surface area (Å²) in [5, 5.41) is 11.2. The lowest BCUT2D eigenvalue weighted by Crippen LogP contribution is -1.97. The third-order valence-electron chi connectivity index (χ3n) is 2.56. The van der Waals surface area contributed by atoms with Gasteiger partial charge >= 0.3 is 5.97 Å². The summed E-state index contributed by atoms with van der Waals surface area (Å²) in [6.45, 7) is 0. The molecule has 0 aliphatic heterocycles. The number of ether oxygens (including phenoxy) is 1. The highest BCUT2D eigenvalue weighted by Crippen LogP contribution is 2.15. The van der Waals surface area contributed by atoms with Gasteiger partial charge in [-0.2, -0.15) is 0 Å². The minimum atomic E-state index is -0.970. The van der Waals surface area contributed by atoms with Crippen LogP contribution in [-0.2, 0) is 12.8 Å². The van der Waals surface area contributed by atoms with E-state index >= 15 is 0 Å². The van der Waals surface area contributed by atoms with Crippen LogP contribution in [0.25, 0.3) is 0 Å². The maximum absolute atomic E-state index is 10.7.